The highest BCUT2D eigenvalue weighted by atomic mass is 16.6. The molecule has 25 heavy (non-hydrogen) atoms. The molecule has 7 heteroatoms. The zero-order valence-corrected chi connectivity index (χ0v) is 14.1. The topological polar surface area (TPSA) is 89.8 Å². The molecule has 1 saturated heterocycles. The van der Waals surface area contributed by atoms with Crippen molar-refractivity contribution in [2.75, 3.05) is 6.54 Å². The molecule has 1 aromatic rings. The van der Waals surface area contributed by atoms with Crippen molar-refractivity contribution in [1.82, 2.24) is 4.90 Å². The van der Waals surface area contributed by atoms with Gasteiger partial charge in [0.1, 0.15) is 6.10 Å². The van der Waals surface area contributed by atoms with E-state index in [9.17, 15) is 19.7 Å². The van der Waals surface area contributed by atoms with Crippen LogP contribution in [0.1, 0.15) is 55.3 Å². The number of nitrogens with zero attached hydrogens (tertiary/aromatic N) is 2. The first kappa shape index (κ1) is 17.4. The van der Waals surface area contributed by atoms with Gasteiger partial charge in [0.05, 0.1) is 10.5 Å². The fourth-order valence-electron chi connectivity index (χ4n) is 3.63. The molecule has 1 aromatic carbocycles. The normalized spacial score (nSPS) is 24.0. The number of amides is 1. The maximum Gasteiger partial charge on any atom is 0.338 e. The van der Waals surface area contributed by atoms with E-state index in [0.29, 0.717) is 12.0 Å². The average molecular weight is 346 g/mol. The molecule has 2 fully saturated rings. The Balaban J connectivity index is 1.50. The van der Waals surface area contributed by atoms with E-state index in [4.69, 9.17) is 4.74 Å². The first-order valence-corrected chi connectivity index (χ1v) is 8.79. The molecule has 3 rings (SSSR count). The Morgan fingerprint density at radius 3 is 2.40 bits per heavy atom. The summed E-state index contributed by atoms with van der Waals surface area (Å²) in [6.07, 6.45) is 5.74. The van der Waals surface area contributed by atoms with Gasteiger partial charge in [-0.25, -0.2) is 4.79 Å². The minimum atomic E-state index is -0.502. The van der Waals surface area contributed by atoms with Gasteiger partial charge >= 0.3 is 5.97 Å². The largest absolute Gasteiger partial charge is 0.459 e. The van der Waals surface area contributed by atoms with Crippen LogP contribution in [-0.4, -0.2) is 40.4 Å². The number of ether oxygens (including phenoxy) is 1. The maximum absolute atomic E-state index is 12.2. The highest BCUT2D eigenvalue weighted by Gasteiger charge is 2.31. The second-order valence-corrected chi connectivity index (χ2v) is 6.68. The van der Waals surface area contributed by atoms with Gasteiger partial charge in [-0.15, -0.1) is 0 Å². The molecule has 1 saturated carbocycles. The molecule has 0 aromatic heterocycles. The Kier molecular flexibility index (Phi) is 5.31. The fraction of sp³-hybridized carbons (Fsp3) is 0.556. The number of nitro benzene ring substituents is 1. The number of hydrogen-bond acceptors (Lipinski definition) is 5. The predicted molar refractivity (Wildman–Crippen MR) is 90.1 cm³/mol. The van der Waals surface area contributed by atoms with Gasteiger partial charge in [0.15, 0.2) is 0 Å². The number of non-ortho nitro benzene ring substituents is 1. The molecule has 7 nitrogen and oxygen atoms in total. The van der Waals surface area contributed by atoms with E-state index in [2.05, 4.69) is 0 Å². The van der Waals surface area contributed by atoms with Gasteiger partial charge in [-0.1, -0.05) is 0 Å². The maximum atomic E-state index is 12.2. The molecule has 0 unspecified atom stereocenters. The van der Waals surface area contributed by atoms with Crippen LogP contribution in [0.3, 0.4) is 0 Å². The van der Waals surface area contributed by atoms with Crippen molar-refractivity contribution >= 4 is 17.6 Å². The molecule has 1 aliphatic carbocycles. The number of carbonyl (C=O) groups is 2. The molecule has 1 aliphatic heterocycles. The highest BCUT2D eigenvalue weighted by Crippen LogP contribution is 2.28. The minimum absolute atomic E-state index is 0.0525. The van der Waals surface area contributed by atoms with Crippen LogP contribution in [0.25, 0.3) is 0 Å². The summed E-state index contributed by atoms with van der Waals surface area (Å²) in [6, 6.07) is 5.70. The molecular weight excluding hydrogens is 324 g/mol. The van der Waals surface area contributed by atoms with E-state index >= 15 is 0 Å². The summed E-state index contributed by atoms with van der Waals surface area (Å²) in [7, 11) is 0. The van der Waals surface area contributed by atoms with Crippen molar-refractivity contribution in [2.24, 2.45) is 0 Å². The Hall–Kier alpha value is -2.44. The minimum Gasteiger partial charge on any atom is -0.459 e. The molecule has 0 atom stereocenters. The van der Waals surface area contributed by atoms with Crippen molar-refractivity contribution in [3.63, 3.8) is 0 Å². The average Bonchev–Trinajstić information content (AvgIpc) is 2.63. The van der Waals surface area contributed by atoms with Crippen molar-refractivity contribution in [2.45, 2.75) is 57.1 Å². The number of piperidine rings is 1. The van der Waals surface area contributed by atoms with Gasteiger partial charge in [0.2, 0.25) is 5.91 Å². The van der Waals surface area contributed by atoms with Gasteiger partial charge in [0.25, 0.3) is 5.69 Å². The summed E-state index contributed by atoms with van der Waals surface area (Å²) in [6.45, 7) is 0.844. The molecular formula is C18H22N2O5. The van der Waals surface area contributed by atoms with Crippen LogP contribution in [0.15, 0.2) is 24.3 Å². The highest BCUT2D eigenvalue weighted by molar-refractivity contribution is 5.89. The van der Waals surface area contributed by atoms with Crippen molar-refractivity contribution in [1.29, 1.82) is 0 Å². The summed E-state index contributed by atoms with van der Waals surface area (Å²) in [5.41, 5.74) is 0.266. The molecule has 0 N–H and O–H groups in total. The second kappa shape index (κ2) is 7.63. The summed E-state index contributed by atoms with van der Waals surface area (Å²) < 4.78 is 5.53. The SMILES string of the molecule is O=C(O[C@H]1CC[C@@H](N2CCCCC2=O)CC1)c1ccc([N+](=O)[O-])cc1. The van der Waals surface area contributed by atoms with Crippen LogP contribution in [0.2, 0.25) is 0 Å². The predicted octanol–water partition coefficient (Wildman–Crippen LogP) is 3.08. The number of nitro groups is 1. The lowest BCUT2D eigenvalue weighted by molar-refractivity contribution is -0.384. The van der Waals surface area contributed by atoms with E-state index in [1.165, 1.54) is 24.3 Å². The van der Waals surface area contributed by atoms with Crippen molar-refractivity contribution in [3.05, 3.63) is 39.9 Å². The Morgan fingerprint density at radius 1 is 1.12 bits per heavy atom. The van der Waals surface area contributed by atoms with Gasteiger partial charge in [-0.05, 0) is 50.7 Å². The molecule has 2 aliphatic rings. The molecule has 0 radical (unpaired) electrons. The van der Waals surface area contributed by atoms with Crippen LogP contribution in [-0.2, 0) is 9.53 Å². The summed E-state index contributed by atoms with van der Waals surface area (Å²) in [5.74, 6) is -0.204. The van der Waals surface area contributed by atoms with Gasteiger partial charge in [-0.3, -0.25) is 14.9 Å². The molecule has 134 valence electrons. The molecule has 1 amide bonds. The molecule has 1 heterocycles. The zero-order valence-electron chi connectivity index (χ0n) is 14.1. The Morgan fingerprint density at radius 2 is 1.80 bits per heavy atom. The Labute approximate surface area is 146 Å². The first-order valence-electron chi connectivity index (χ1n) is 8.79. The van der Waals surface area contributed by atoms with Crippen molar-refractivity contribution in [3.8, 4) is 0 Å². The standard InChI is InChI=1S/C18H22N2O5/c21-17-3-1-2-12-19(17)14-8-10-16(11-9-14)25-18(22)13-4-6-15(7-5-13)20(23)24/h4-7,14,16H,1-3,8-12H2/t14-,16+. The smallest absolute Gasteiger partial charge is 0.338 e. The molecule has 0 spiro atoms. The third kappa shape index (κ3) is 4.15. The lowest BCUT2D eigenvalue weighted by Crippen LogP contribution is -2.45. The third-order valence-corrected chi connectivity index (χ3v) is 5.03. The van der Waals surface area contributed by atoms with Gasteiger partial charge in [0, 0.05) is 31.1 Å². The first-order chi connectivity index (χ1) is 12.0. The summed E-state index contributed by atoms with van der Waals surface area (Å²) in [4.78, 5) is 36.3. The lowest BCUT2D eigenvalue weighted by Gasteiger charge is -2.38. The fourth-order valence-corrected chi connectivity index (χ4v) is 3.63. The molecule has 0 bridgehead atoms. The number of carbonyl (C=O) groups excluding carboxylic acids is 2. The van der Waals surface area contributed by atoms with Crippen LogP contribution in [0.5, 0.6) is 0 Å². The van der Waals surface area contributed by atoms with Crippen LogP contribution >= 0.6 is 0 Å². The quantitative estimate of drug-likeness (QED) is 0.475. The van der Waals surface area contributed by atoms with Crippen molar-refractivity contribution < 1.29 is 19.2 Å². The third-order valence-electron chi connectivity index (χ3n) is 5.03. The number of esters is 1. The van der Waals surface area contributed by atoms with E-state index in [0.717, 1.165) is 45.1 Å². The van der Waals surface area contributed by atoms with E-state index in [1.807, 2.05) is 4.90 Å². The van der Waals surface area contributed by atoms with Gasteiger partial charge < -0.3 is 9.64 Å². The Bertz CT molecular complexity index is 650. The van der Waals surface area contributed by atoms with Crippen LogP contribution < -0.4 is 0 Å². The number of likely N-dealkylation sites (tertiary alicyclic amines) is 1. The van der Waals surface area contributed by atoms with E-state index in [-0.39, 0.29) is 23.7 Å². The number of benzene rings is 1. The monoisotopic (exact) mass is 346 g/mol. The van der Waals surface area contributed by atoms with Gasteiger partial charge in [-0.2, -0.15) is 0 Å². The lowest BCUT2D eigenvalue weighted by atomic mass is 9.90. The van der Waals surface area contributed by atoms with Crippen LogP contribution in [0.4, 0.5) is 5.69 Å². The second-order valence-electron chi connectivity index (χ2n) is 6.68. The van der Waals surface area contributed by atoms with E-state index in [1.54, 1.807) is 0 Å². The summed E-state index contributed by atoms with van der Waals surface area (Å²) in [5, 5.41) is 10.6. The van der Waals surface area contributed by atoms with Crippen LogP contribution in [0, 0.1) is 10.1 Å². The number of hydrogen-bond donors (Lipinski definition) is 0. The summed E-state index contributed by atoms with van der Waals surface area (Å²) >= 11 is 0. The zero-order chi connectivity index (χ0) is 17.8. The van der Waals surface area contributed by atoms with E-state index < -0.39 is 10.9 Å². The number of rotatable bonds is 4.